The van der Waals surface area contributed by atoms with Gasteiger partial charge in [0.15, 0.2) is 5.78 Å². The molecule has 1 aromatic heterocycles. The molecule has 0 saturated heterocycles. The number of rotatable bonds is 3. The van der Waals surface area contributed by atoms with E-state index in [9.17, 15) is 9.18 Å². The summed E-state index contributed by atoms with van der Waals surface area (Å²) in [5.74, 6) is -0.815. The third-order valence-corrected chi connectivity index (χ3v) is 3.39. The van der Waals surface area contributed by atoms with Gasteiger partial charge in [-0.05, 0) is 35.7 Å². The molecule has 4 heteroatoms. The van der Waals surface area contributed by atoms with Gasteiger partial charge in [0.1, 0.15) is 5.82 Å². The number of aromatic nitrogens is 1. The normalized spacial score (nSPS) is 10.5. The zero-order chi connectivity index (χ0) is 14.8. The first-order valence-electron chi connectivity index (χ1n) is 6.46. The second kappa shape index (κ2) is 5.22. The molecule has 0 atom stereocenters. The first kappa shape index (κ1) is 13.1. The topological polar surface area (TPSA) is 45.8 Å². The van der Waals surface area contributed by atoms with Crippen molar-refractivity contribution in [2.24, 2.45) is 0 Å². The van der Waals surface area contributed by atoms with Gasteiger partial charge in [-0.2, -0.15) is 5.26 Å². The molecule has 0 aliphatic heterocycles. The largest absolute Gasteiger partial charge is 0.340 e. The molecule has 0 aliphatic rings. The van der Waals surface area contributed by atoms with Crippen LogP contribution in [0.15, 0.2) is 54.7 Å². The number of benzene rings is 2. The van der Waals surface area contributed by atoms with Gasteiger partial charge in [-0.1, -0.05) is 18.2 Å². The van der Waals surface area contributed by atoms with Crippen LogP contribution in [0.5, 0.6) is 0 Å². The molecule has 2 aromatic carbocycles. The average Bonchev–Trinajstić information content (AvgIpc) is 2.90. The highest BCUT2D eigenvalue weighted by Crippen LogP contribution is 2.18. The molecule has 0 bridgehead atoms. The fourth-order valence-electron chi connectivity index (χ4n) is 2.32. The predicted molar refractivity (Wildman–Crippen MR) is 77.4 cm³/mol. The zero-order valence-electron chi connectivity index (χ0n) is 11.1. The Morgan fingerprint density at radius 3 is 2.76 bits per heavy atom. The number of Topliss-reactive ketones (excluding diaryl/α,β-unsaturated/α-hetero) is 1. The maximum Gasteiger partial charge on any atom is 0.185 e. The van der Waals surface area contributed by atoms with Crippen LogP contribution in [-0.2, 0) is 6.54 Å². The van der Waals surface area contributed by atoms with Crippen molar-refractivity contribution in [2.45, 2.75) is 6.54 Å². The summed E-state index contributed by atoms with van der Waals surface area (Å²) in [6.45, 7) is 0.0410. The molecule has 21 heavy (non-hydrogen) atoms. The molecule has 0 amide bonds. The van der Waals surface area contributed by atoms with Gasteiger partial charge >= 0.3 is 0 Å². The summed E-state index contributed by atoms with van der Waals surface area (Å²) >= 11 is 0. The van der Waals surface area contributed by atoms with Gasteiger partial charge in [-0.3, -0.25) is 4.79 Å². The number of nitrogens with zero attached hydrogens (tertiary/aromatic N) is 2. The van der Waals surface area contributed by atoms with E-state index in [1.807, 2.05) is 12.1 Å². The Hall–Kier alpha value is -2.93. The molecule has 0 aliphatic carbocycles. The van der Waals surface area contributed by atoms with Crippen molar-refractivity contribution in [3.05, 3.63) is 71.7 Å². The van der Waals surface area contributed by atoms with Gasteiger partial charge in [0, 0.05) is 11.7 Å². The molecule has 0 unspecified atom stereocenters. The Bertz CT molecular complexity index is 874. The van der Waals surface area contributed by atoms with E-state index in [1.165, 1.54) is 12.1 Å². The number of fused-ring (bicyclic) bond motifs is 1. The Labute approximate surface area is 120 Å². The molecule has 3 rings (SSSR count). The molecule has 0 N–H and O–H groups in total. The number of carbonyl (C=O) groups is 1. The molecule has 0 fully saturated rings. The fraction of sp³-hybridized carbons (Fsp3) is 0.0588. The molecule has 0 spiro atoms. The summed E-state index contributed by atoms with van der Waals surface area (Å²) in [4.78, 5) is 12.2. The molecular weight excluding hydrogens is 267 g/mol. The summed E-state index contributed by atoms with van der Waals surface area (Å²) < 4.78 is 15.4. The molecule has 3 nitrogen and oxygen atoms in total. The van der Waals surface area contributed by atoms with Crippen LogP contribution >= 0.6 is 0 Å². The maximum atomic E-state index is 13.6. The molecule has 1 heterocycles. The first-order chi connectivity index (χ1) is 10.2. The highest BCUT2D eigenvalue weighted by molar-refractivity contribution is 5.97. The highest BCUT2D eigenvalue weighted by Gasteiger charge is 2.12. The molecule has 102 valence electrons. The van der Waals surface area contributed by atoms with Crippen LogP contribution in [0.2, 0.25) is 0 Å². The van der Waals surface area contributed by atoms with E-state index in [1.54, 1.807) is 35.0 Å². The van der Waals surface area contributed by atoms with E-state index in [4.69, 9.17) is 5.26 Å². The van der Waals surface area contributed by atoms with Crippen molar-refractivity contribution in [3.8, 4) is 6.07 Å². The quantitative estimate of drug-likeness (QED) is 0.688. The predicted octanol–water partition coefficient (Wildman–Crippen LogP) is 3.53. The number of hydrogen-bond acceptors (Lipinski definition) is 2. The Morgan fingerprint density at radius 1 is 1.19 bits per heavy atom. The smallest absolute Gasteiger partial charge is 0.185 e. The van der Waals surface area contributed by atoms with Gasteiger partial charge in [0.25, 0.3) is 0 Å². The lowest BCUT2D eigenvalue weighted by molar-refractivity contribution is 0.0969. The van der Waals surface area contributed by atoms with Crippen molar-refractivity contribution < 1.29 is 9.18 Å². The lowest BCUT2D eigenvalue weighted by atomic mass is 10.1. The number of nitriles is 1. The second-order valence-corrected chi connectivity index (χ2v) is 4.73. The van der Waals surface area contributed by atoms with Crippen molar-refractivity contribution in [3.63, 3.8) is 0 Å². The van der Waals surface area contributed by atoms with E-state index in [0.717, 1.165) is 10.9 Å². The standard InChI is InChI=1S/C17H11FN2O/c18-15-4-2-1-3-14(15)17(21)11-20-8-7-13-6-5-12(10-19)9-16(13)20/h1-9H,11H2. The van der Waals surface area contributed by atoms with E-state index >= 15 is 0 Å². The Morgan fingerprint density at radius 2 is 2.00 bits per heavy atom. The lowest BCUT2D eigenvalue weighted by Gasteiger charge is -2.06. The van der Waals surface area contributed by atoms with Gasteiger partial charge in [0.2, 0.25) is 0 Å². The average molecular weight is 278 g/mol. The third kappa shape index (κ3) is 2.41. The molecule has 3 aromatic rings. The van der Waals surface area contributed by atoms with E-state index in [-0.39, 0.29) is 17.9 Å². The summed E-state index contributed by atoms with van der Waals surface area (Å²) in [6, 6.07) is 15.2. The lowest BCUT2D eigenvalue weighted by Crippen LogP contribution is -2.11. The molecule has 0 saturated carbocycles. The Kier molecular flexibility index (Phi) is 3.25. The monoisotopic (exact) mass is 278 g/mol. The highest BCUT2D eigenvalue weighted by atomic mass is 19.1. The van der Waals surface area contributed by atoms with Crippen LogP contribution in [-0.4, -0.2) is 10.4 Å². The summed E-state index contributed by atoms with van der Waals surface area (Å²) in [5, 5.41) is 9.89. The minimum atomic E-state index is -0.517. The SMILES string of the molecule is N#Cc1ccc2ccn(CC(=O)c3ccccc3F)c2c1. The number of ketones is 1. The zero-order valence-corrected chi connectivity index (χ0v) is 11.1. The second-order valence-electron chi connectivity index (χ2n) is 4.73. The Balaban J connectivity index is 1.97. The number of halogens is 1. The van der Waals surface area contributed by atoms with Gasteiger partial charge < -0.3 is 4.57 Å². The van der Waals surface area contributed by atoms with Crippen molar-refractivity contribution in [1.29, 1.82) is 5.26 Å². The van der Waals surface area contributed by atoms with Gasteiger partial charge in [-0.25, -0.2) is 4.39 Å². The minimum Gasteiger partial charge on any atom is -0.340 e. The number of carbonyl (C=O) groups excluding carboxylic acids is 1. The minimum absolute atomic E-state index is 0.0410. The number of hydrogen-bond donors (Lipinski definition) is 0. The van der Waals surface area contributed by atoms with Crippen LogP contribution in [0.25, 0.3) is 10.9 Å². The van der Waals surface area contributed by atoms with Crippen molar-refractivity contribution >= 4 is 16.7 Å². The molecular formula is C17H11FN2O. The third-order valence-electron chi connectivity index (χ3n) is 3.39. The van der Waals surface area contributed by atoms with E-state index < -0.39 is 5.82 Å². The van der Waals surface area contributed by atoms with Crippen LogP contribution in [0.4, 0.5) is 4.39 Å². The van der Waals surface area contributed by atoms with Crippen LogP contribution in [0.3, 0.4) is 0 Å². The van der Waals surface area contributed by atoms with Crippen molar-refractivity contribution in [1.82, 2.24) is 4.57 Å². The molecule has 0 radical (unpaired) electrons. The van der Waals surface area contributed by atoms with Crippen LogP contribution in [0, 0.1) is 17.1 Å². The van der Waals surface area contributed by atoms with Crippen LogP contribution < -0.4 is 0 Å². The summed E-state index contributed by atoms with van der Waals surface area (Å²) in [6.07, 6.45) is 1.77. The van der Waals surface area contributed by atoms with Gasteiger partial charge in [0.05, 0.1) is 23.7 Å². The maximum absolute atomic E-state index is 13.6. The van der Waals surface area contributed by atoms with E-state index in [2.05, 4.69) is 6.07 Å². The summed E-state index contributed by atoms with van der Waals surface area (Å²) in [5.41, 5.74) is 1.40. The van der Waals surface area contributed by atoms with Crippen molar-refractivity contribution in [2.75, 3.05) is 0 Å². The summed E-state index contributed by atoms with van der Waals surface area (Å²) in [7, 11) is 0. The van der Waals surface area contributed by atoms with Crippen LogP contribution in [0.1, 0.15) is 15.9 Å². The fourth-order valence-corrected chi connectivity index (χ4v) is 2.32. The van der Waals surface area contributed by atoms with E-state index in [0.29, 0.717) is 5.56 Å². The first-order valence-corrected chi connectivity index (χ1v) is 6.46. The van der Waals surface area contributed by atoms with Gasteiger partial charge in [-0.15, -0.1) is 0 Å².